The Morgan fingerprint density at radius 1 is 0.583 bits per heavy atom. The minimum absolute atomic E-state index is 0. The van der Waals surface area contributed by atoms with Gasteiger partial charge in [0, 0.05) is 0 Å². The van der Waals surface area contributed by atoms with Crippen LogP contribution < -0.4 is 37.7 Å². The fourth-order valence-corrected chi connectivity index (χ4v) is 7.53. The van der Waals surface area contributed by atoms with E-state index in [0.717, 1.165) is 0 Å². The van der Waals surface area contributed by atoms with Crippen molar-refractivity contribution in [1.82, 2.24) is 0 Å². The first kappa shape index (κ1) is 38.3. The maximum atomic E-state index is 14.1. The van der Waals surface area contributed by atoms with E-state index >= 15 is 0 Å². The fourth-order valence-electron chi connectivity index (χ4n) is 1.85. The molecule has 0 heterocycles. The molecule has 0 fully saturated rings. The van der Waals surface area contributed by atoms with Gasteiger partial charge in [0.1, 0.15) is 4.90 Å². The third-order valence-electron chi connectivity index (χ3n) is 3.55. The first-order valence-electron chi connectivity index (χ1n) is 6.94. The Balaban J connectivity index is 0. The molecule has 0 saturated carbocycles. The molecule has 0 aliphatic rings. The molecule has 0 aliphatic carbocycles. The standard InChI is InChI=1S/C10H4Cl2F8O10S4.2Li/c11-3-1-2-4(31(21,22)7(13,14)9(17,18)33(25,26)27)6(5(3)12)32(23,24)8(15,16)10(19,20)34(28,29)30;;/h1-2H,(H,25,26,27)(H,28,29,30);;/q;2*+1/p-2. The van der Waals surface area contributed by atoms with Crippen LogP contribution in [0.3, 0.4) is 0 Å². The van der Waals surface area contributed by atoms with E-state index in [1.165, 1.54) is 0 Å². The zero-order valence-corrected chi connectivity index (χ0v) is 21.4. The first-order valence-corrected chi connectivity index (χ1v) is 13.5. The molecule has 0 N–H and O–H groups in total. The molecule has 36 heavy (non-hydrogen) atoms. The van der Waals surface area contributed by atoms with Crippen LogP contribution in [0.4, 0.5) is 35.1 Å². The molecule has 1 rings (SSSR count). The average Bonchev–Trinajstić information content (AvgIpc) is 2.60. The second-order valence-corrected chi connectivity index (χ2v) is 13.2. The Kier molecular flexibility index (Phi) is 11.3. The second-order valence-electron chi connectivity index (χ2n) is 5.67. The SMILES string of the molecule is O=S(=O)([O-])C(F)(F)C(F)(F)S(=O)(=O)c1ccc(Cl)c(Cl)c1S(=O)(=O)C(F)(F)C(F)(F)S(=O)(=O)[O-].[Li+].[Li+]. The molecule has 1 aromatic rings. The van der Waals surface area contributed by atoms with Gasteiger partial charge in [0.25, 0.3) is 19.7 Å². The molecule has 0 aromatic heterocycles. The molecule has 0 radical (unpaired) electrons. The van der Waals surface area contributed by atoms with E-state index in [-0.39, 0.29) is 43.8 Å². The monoisotopic (exact) mass is 646 g/mol. The van der Waals surface area contributed by atoms with Gasteiger partial charge in [-0.1, -0.05) is 23.2 Å². The van der Waals surface area contributed by atoms with Gasteiger partial charge in [-0.05, 0) is 12.1 Å². The van der Waals surface area contributed by atoms with Gasteiger partial charge in [0.2, 0.25) is 0 Å². The van der Waals surface area contributed by atoms with Crippen LogP contribution in [0.5, 0.6) is 0 Å². The van der Waals surface area contributed by atoms with E-state index in [4.69, 9.17) is 23.2 Å². The van der Waals surface area contributed by atoms with Crippen molar-refractivity contribution in [3.05, 3.63) is 22.2 Å². The second kappa shape index (κ2) is 10.6. The van der Waals surface area contributed by atoms with Crippen molar-refractivity contribution >= 4 is 63.1 Å². The third kappa shape index (κ3) is 5.43. The molecule has 198 valence electrons. The normalized spacial score (nSPS) is 14.6. The van der Waals surface area contributed by atoms with Crippen molar-refractivity contribution in [2.75, 3.05) is 0 Å². The molecule has 0 spiro atoms. The van der Waals surface area contributed by atoms with Crippen molar-refractivity contribution in [3.63, 3.8) is 0 Å². The van der Waals surface area contributed by atoms with E-state index in [1.807, 2.05) is 0 Å². The molecule has 0 saturated heterocycles. The topological polar surface area (TPSA) is 183 Å². The predicted molar refractivity (Wildman–Crippen MR) is 90.0 cm³/mol. The minimum atomic E-state index is -7.75. The number of hydrogen-bond acceptors (Lipinski definition) is 10. The van der Waals surface area contributed by atoms with Crippen LogP contribution in [0.25, 0.3) is 0 Å². The van der Waals surface area contributed by atoms with Crippen molar-refractivity contribution < 1.29 is 116 Å². The zero-order valence-electron chi connectivity index (χ0n) is 16.6. The Hall–Kier alpha value is 0.155. The molecular weight excluding hydrogens is 645 g/mol. The van der Waals surface area contributed by atoms with Gasteiger partial charge in [-0.2, -0.15) is 35.1 Å². The summed E-state index contributed by atoms with van der Waals surface area (Å²) in [4.78, 5) is -6.21. The molecule has 0 atom stereocenters. The average molecular weight is 647 g/mol. The van der Waals surface area contributed by atoms with E-state index < -0.39 is 86.8 Å². The van der Waals surface area contributed by atoms with Gasteiger partial charge in [-0.25, -0.2) is 33.7 Å². The van der Waals surface area contributed by atoms with Gasteiger partial charge in [-0.15, -0.1) is 0 Å². The smallest absolute Gasteiger partial charge is 0.743 e. The Morgan fingerprint density at radius 3 is 1.19 bits per heavy atom. The Morgan fingerprint density at radius 2 is 0.889 bits per heavy atom. The maximum absolute atomic E-state index is 14.1. The maximum Gasteiger partial charge on any atom is 1.00 e. The van der Waals surface area contributed by atoms with Gasteiger partial charge < -0.3 is 9.11 Å². The fraction of sp³-hybridized carbons (Fsp3) is 0.400. The summed E-state index contributed by atoms with van der Waals surface area (Å²) in [6, 6.07) is -0.686. The molecule has 1 aromatic carbocycles. The largest absolute Gasteiger partial charge is 1.00 e. The number of halogens is 10. The van der Waals surface area contributed by atoms with Crippen molar-refractivity contribution in [2.45, 2.75) is 30.8 Å². The van der Waals surface area contributed by atoms with Crippen LogP contribution in [-0.4, -0.2) is 63.8 Å². The van der Waals surface area contributed by atoms with Gasteiger partial charge >= 0.3 is 58.7 Å². The Bertz CT molecular complexity index is 1460. The summed E-state index contributed by atoms with van der Waals surface area (Å²) in [5.74, 6) is 0. The Labute approximate surface area is 230 Å². The molecule has 0 amide bonds. The van der Waals surface area contributed by atoms with Gasteiger partial charge in [0.15, 0.2) is 20.2 Å². The van der Waals surface area contributed by atoms with Crippen LogP contribution >= 0.6 is 23.2 Å². The summed E-state index contributed by atoms with van der Waals surface area (Å²) < 4.78 is 221. The van der Waals surface area contributed by atoms with Crippen molar-refractivity contribution in [1.29, 1.82) is 0 Å². The number of alkyl halides is 8. The summed E-state index contributed by atoms with van der Waals surface area (Å²) in [5, 5.41) is -32.3. The quantitative estimate of drug-likeness (QED) is 0.153. The van der Waals surface area contributed by atoms with E-state index in [9.17, 15) is 77.9 Å². The van der Waals surface area contributed by atoms with Crippen molar-refractivity contribution in [3.8, 4) is 0 Å². The number of benzene rings is 1. The molecular formula is C10H2Cl2F8Li2O10S4. The minimum Gasteiger partial charge on any atom is -0.743 e. The van der Waals surface area contributed by atoms with Gasteiger partial charge in [0.05, 0.1) is 14.9 Å². The predicted octanol–water partition coefficient (Wildman–Crippen LogP) is -3.99. The number of hydrogen-bond donors (Lipinski definition) is 0. The molecule has 0 aliphatic heterocycles. The summed E-state index contributed by atoms with van der Waals surface area (Å²) in [6.07, 6.45) is 0. The van der Waals surface area contributed by atoms with Crippen molar-refractivity contribution in [2.24, 2.45) is 0 Å². The van der Waals surface area contributed by atoms with Crippen LogP contribution in [0.15, 0.2) is 21.9 Å². The molecule has 0 unspecified atom stereocenters. The van der Waals surface area contributed by atoms with Crippen LogP contribution in [0.1, 0.15) is 0 Å². The summed E-state index contributed by atoms with van der Waals surface area (Å²) in [6.45, 7) is 0. The molecule has 0 bridgehead atoms. The van der Waals surface area contributed by atoms with E-state index in [1.54, 1.807) is 0 Å². The number of sulfone groups is 2. The summed E-state index contributed by atoms with van der Waals surface area (Å²) in [5.41, 5.74) is 0. The van der Waals surface area contributed by atoms with E-state index in [2.05, 4.69) is 0 Å². The first-order chi connectivity index (χ1) is 14.5. The third-order valence-corrected chi connectivity index (χ3v) is 10.4. The zero-order chi connectivity index (χ0) is 27.7. The van der Waals surface area contributed by atoms with Gasteiger partial charge in [-0.3, -0.25) is 0 Å². The molecule has 26 heteroatoms. The van der Waals surface area contributed by atoms with Crippen LogP contribution in [0.2, 0.25) is 10.0 Å². The van der Waals surface area contributed by atoms with Crippen LogP contribution in [0, 0.1) is 0 Å². The van der Waals surface area contributed by atoms with E-state index in [0.29, 0.717) is 0 Å². The summed E-state index contributed by atoms with van der Waals surface area (Å²) >= 11 is 10.3. The summed E-state index contributed by atoms with van der Waals surface area (Å²) in [7, 11) is -30.6. The van der Waals surface area contributed by atoms with Crippen LogP contribution in [-0.2, 0) is 39.9 Å². The molecule has 10 nitrogen and oxygen atoms in total. The number of rotatable bonds is 8.